The monoisotopic (exact) mass is 309 g/mol. The van der Waals surface area contributed by atoms with Crippen molar-refractivity contribution in [2.75, 3.05) is 0 Å². The zero-order valence-electron chi connectivity index (χ0n) is 9.99. The average molecular weight is 311 g/mol. The van der Waals surface area contributed by atoms with Gasteiger partial charge in [-0.1, -0.05) is 66.8 Å². The van der Waals surface area contributed by atoms with Gasteiger partial charge in [0, 0.05) is 5.92 Å². The van der Waals surface area contributed by atoms with Gasteiger partial charge in [-0.05, 0) is 12.1 Å². The van der Waals surface area contributed by atoms with Crippen molar-refractivity contribution in [2.45, 2.75) is 23.9 Å². The second-order valence-electron chi connectivity index (χ2n) is 4.02. The van der Waals surface area contributed by atoms with Crippen molar-refractivity contribution in [3.05, 3.63) is 30.3 Å². The summed E-state index contributed by atoms with van der Waals surface area (Å²) in [5.41, 5.74) is 0. The van der Waals surface area contributed by atoms with Crippen LogP contribution in [-0.4, -0.2) is 15.9 Å². The molecule has 100 valence electrons. The van der Waals surface area contributed by atoms with E-state index in [4.69, 9.17) is 39.5 Å². The van der Waals surface area contributed by atoms with Gasteiger partial charge in [-0.15, -0.1) is 0 Å². The molecular formula is C12H14Cl3NO2. The minimum absolute atomic E-state index is 0.223. The molecule has 0 saturated carbocycles. The molecule has 18 heavy (non-hydrogen) atoms. The number of benzene rings is 1. The summed E-state index contributed by atoms with van der Waals surface area (Å²) in [6.45, 7) is 3.49. The lowest BCUT2D eigenvalue weighted by molar-refractivity contribution is -0.126. The first-order valence-corrected chi connectivity index (χ1v) is 6.53. The third-order valence-corrected chi connectivity index (χ3v) is 2.69. The molecule has 1 amide bonds. The van der Waals surface area contributed by atoms with Crippen LogP contribution >= 0.6 is 34.8 Å². The lowest BCUT2D eigenvalue weighted by Crippen LogP contribution is -2.49. The molecule has 1 N–H and O–H groups in total. The molecule has 0 unspecified atom stereocenters. The molecule has 6 heteroatoms. The van der Waals surface area contributed by atoms with E-state index in [-0.39, 0.29) is 11.8 Å². The highest BCUT2D eigenvalue weighted by atomic mass is 35.6. The number of hydrogen-bond acceptors (Lipinski definition) is 2. The Hall–Kier alpha value is -0.640. The van der Waals surface area contributed by atoms with E-state index in [1.807, 2.05) is 6.07 Å². The average Bonchev–Trinajstić information content (AvgIpc) is 2.28. The van der Waals surface area contributed by atoms with Crippen LogP contribution in [0.1, 0.15) is 13.8 Å². The molecule has 0 spiro atoms. The lowest BCUT2D eigenvalue weighted by atomic mass is 10.2. The molecule has 0 heterocycles. The van der Waals surface area contributed by atoms with E-state index < -0.39 is 10.0 Å². The summed E-state index contributed by atoms with van der Waals surface area (Å²) in [6.07, 6.45) is -1.04. The van der Waals surface area contributed by atoms with E-state index in [1.54, 1.807) is 38.1 Å². The first-order valence-electron chi connectivity index (χ1n) is 5.39. The van der Waals surface area contributed by atoms with Crippen molar-refractivity contribution < 1.29 is 9.53 Å². The van der Waals surface area contributed by atoms with Crippen molar-refractivity contribution in [1.82, 2.24) is 5.32 Å². The maximum Gasteiger partial charge on any atom is 0.246 e. The Labute approximate surface area is 121 Å². The van der Waals surface area contributed by atoms with Crippen LogP contribution < -0.4 is 10.1 Å². The van der Waals surface area contributed by atoms with Crippen LogP contribution in [0, 0.1) is 5.92 Å². The molecule has 0 radical (unpaired) electrons. The summed E-state index contributed by atoms with van der Waals surface area (Å²) in [7, 11) is 0. The third-order valence-electron chi connectivity index (χ3n) is 2.09. The van der Waals surface area contributed by atoms with Crippen molar-refractivity contribution in [3.63, 3.8) is 0 Å². The Kier molecular flexibility index (Phi) is 5.57. The smallest absolute Gasteiger partial charge is 0.246 e. The van der Waals surface area contributed by atoms with Gasteiger partial charge in [-0.2, -0.15) is 0 Å². The number of nitrogens with one attached hydrogen (secondary N) is 1. The van der Waals surface area contributed by atoms with Crippen molar-refractivity contribution in [3.8, 4) is 5.75 Å². The van der Waals surface area contributed by atoms with E-state index in [0.717, 1.165) is 0 Å². The number of amides is 1. The first kappa shape index (κ1) is 15.4. The minimum atomic E-state index is -1.75. The molecule has 1 aromatic carbocycles. The molecule has 0 bridgehead atoms. The maximum atomic E-state index is 11.6. The third kappa shape index (κ3) is 4.92. The molecule has 1 aromatic rings. The Balaban J connectivity index is 2.77. The van der Waals surface area contributed by atoms with Gasteiger partial charge >= 0.3 is 0 Å². The first-order chi connectivity index (χ1) is 8.30. The molecular weight excluding hydrogens is 296 g/mol. The number of rotatable bonds is 4. The summed E-state index contributed by atoms with van der Waals surface area (Å²) in [4.78, 5) is 11.6. The van der Waals surface area contributed by atoms with Gasteiger partial charge in [0.25, 0.3) is 0 Å². The van der Waals surface area contributed by atoms with Gasteiger partial charge in [-0.25, -0.2) is 0 Å². The molecule has 0 aliphatic heterocycles. The largest absolute Gasteiger partial charge is 0.466 e. The summed E-state index contributed by atoms with van der Waals surface area (Å²) in [6, 6.07) is 8.84. The van der Waals surface area contributed by atoms with Crippen LogP contribution in [0.3, 0.4) is 0 Å². The fraction of sp³-hybridized carbons (Fsp3) is 0.417. The van der Waals surface area contributed by atoms with Gasteiger partial charge in [-0.3, -0.25) is 4.79 Å². The SMILES string of the molecule is CC(C)C(=O)N[C@H](Oc1ccccc1)C(Cl)(Cl)Cl. The second-order valence-corrected chi connectivity index (χ2v) is 6.38. The number of halogens is 3. The van der Waals surface area contributed by atoms with E-state index in [1.165, 1.54) is 0 Å². The van der Waals surface area contributed by atoms with Crippen LogP contribution in [-0.2, 0) is 4.79 Å². The molecule has 0 aliphatic carbocycles. The van der Waals surface area contributed by atoms with E-state index >= 15 is 0 Å². The molecule has 0 fully saturated rings. The van der Waals surface area contributed by atoms with Crippen molar-refractivity contribution >= 4 is 40.7 Å². The molecule has 1 atom stereocenters. The standard InChI is InChI=1S/C12H14Cl3NO2/c1-8(2)10(17)16-11(12(13,14)15)18-9-6-4-3-5-7-9/h3-8,11H,1-2H3,(H,16,17)/t11-/m1/s1. The predicted molar refractivity (Wildman–Crippen MR) is 74.1 cm³/mol. The van der Waals surface area contributed by atoms with Crippen LogP contribution in [0.2, 0.25) is 0 Å². The van der Waals surface area contributed by atoms with Crippen LogP contribution in [0.15, 0.2) is 30.3 Å². The molecule has 0 saturated heterocycles. The Bertz CT molecular complexity index is 390. The van der Waals surface area contributed by atoms with Gasteiger partial charge in [0.1, 0.15) is 5.75 Å². The number of para-hydroxylation sites is 1. The minimum Gasteiger partial charge on any atom is -0.466 e. The number of carbonyl (C=O) groups is 1. The Morgan fingerprint density at radius 1 is 1.22 bits per heavy atom. The molecule has 0 aromatic heterocycles. The van der Waals surface area contributed by atoms with Crippen molar-refractivity contribution in [1.29, 1.82) is 0 Å². The van der Waals surface area contributed by atoms with Gasteiger partial charge in [0.05, 0.1) is 0 Å². The van der Waals surface area contributed by atoms with E-state index in [9.17, 15) is 4.79 Å². The fourth-order valence-corrected chi connectivity index (χ4v) is 1.41. The van der Waals surface area contributed by atoms with E-state index in [2.05, 4.69) is 5.32 Å². The zero-order chi connectivity index (χ0) is 13.8. The predicted octanol–water partition coefficient (Wildman–Crippen LogP) is 3.53. The second kappa shape index (κ2) is 6.50. The zero-order valence-corrected chi connectivity index (χ0v) is 12.3. The number of ether oxygens (including phenoxy) is 1. The van der Waals surface area contributed by atoms with Crippen LogP contribution in [0.4, 0.5) is 0 Å². The lowest BCUT2D eigenvalue weighted by Gasteiger charge is -2.26. The summed E-state index contributed by atoms with van der Waals surface area (Å²) < 4.78 is 3.72. The van der Waals surface area contributed by atoms with E-state index in [0.29, 0.717) is 5.75 Å². The normalized spacial score (nSPS) is 13.2. The highest BCUT2D eigenvalue weighted by Crippen LogP contribution is 2.32. The summed E-state index contributed by atoms with van der Waals surface area (Å²) in [5.74, 6) is 0.0411. The quantitative estimate of drug-likeness (QED) is 0.682. The molecule has 1 rings (SSSR count). The van der Waals surface area contributed by atoms with Crippen molar-refractivity contribution in [2.24, 2.45) is 5.92 Å². The number of alkyl halides is 3. The Morgan fingerprint density at radius 3 is 2.22 bits per heavy atom. The Morgan fingerprint density at radius 2 is 1.78 bits per heavy atom. The highest BCUT2D eigenvalue weighted by Gasteiger charge is 2.36. The number of hydrogen-bond donors (Lipinski definition) is 1. The molecule has 0 aliphatic rings. The summed E-state index contributed by atoms with van der Waals surface area (Å²) in [5, 5.41) is 2.55. The topological polar surface area (TPSA) is 38.3 Å². The molecule has 3 nitrogen and oxygen atoms in total. The fourth-order valence-electron chi connectivity index (χ4n) is 1.11. The van der Waals surface area contributed by atoms with Crippen LogP contribution in [0.25, 0.3) is 0 Å². The van der Waals surface area contributed by atoms with Gasteiger partial charge in [0.2, 0.25) is 15.9 Å². The highest BCUT2D eigenvalue weighted by molar-refractivity contribution is 6.68. The van der Waals surface area contributed by atoms with Crippen LogP contribution in [0.5, 0.6) is 5.75 Å². The van der Waals surface area contributed by atoms with Gasteiger partial charge in [0.15, 0.2) is 0 Å². The van der Waals surface area contributed by atoms with Gasteiger partial charge < -0.3 is 10.1 Å². The summed E-state index contributed by atoms with van der Waals surface area (Å²) >= 11 is 17.4. The number of carbonyl (C=O) groups excluding carboxylic acids is 1. The maximum absolute atomic E-state index is 11.6.